The average Bonchev–Trinajstić information content (AvgIpc) is 2.21. The summed E-state index contributed by atoms with van der Waals surface area (Å²) in [6.45, 7) is 3.01. The second-order valence-electron chi connectivity index (χ2n) is 3.43. The zero-order valence-corrected chi connectivity index (χ0v) is 10.2. The van der Waals surface area contributed by atoms with E-state index in [1.54, 1.807) is 13.1 Å². The van der Waals surface area contributed by atoms with Crippen LogP contribution in [-0.2, 0) is 16.1 Å². The van der Waals surface area contributed by atoms with Gasteiger partial charge in [-0.2, -0.15) is 0 Å². The van der Waals surface area contributed by atoms with Crippen LogP contribution in [0.25, 0.3) is 0 Å². The summed E-state index contributed by atoms with van der Waals surface area (Å²) in [6.07, 6.45) is 1.64. The van der Waals surface area contributed by atoms with Crippen LogP contribution in [0.1, 0.15) is 12.5 Å². The van der Waals surface area contributed by atoms with Crippen molar-refractivity contribution in [1.29, 1.82) is 0 Å². The predicted octanol–water partition coefficient (Wildman–Crippen LogP) is 1.73. The SMILES string of the molecule is CCOC(=O)CN(C)Cc1cccnc1Cl. The summed E-state index contributed by atoms with van der Waals surface area (Å²) in [4.78, 5) is 17.0. The van der Waals surface area contributed by atoms with Gasteiger partial charge in [0.2, 0.25) is 0 Å². The summed E-state index contributed by atoms with van der Waals surface area (Å²) in [5.41, 5.74) is 0.899. The Morgan fingerprint density at radius 2 is 2.38 bits per heavy atom. The summed E-state index contributed by atoms with van der Waals surface area (Å²) >= 11 is 5.91. The molecule has 0 bridgehead atoms. The molecule has 0 aliphatic rings. The predicted molar refractivity (Wildman–Crippen MR) is 62.2 cm³/mol. The van der Waals surface area contributed by atoms with Crippen LogP contribution in [0, 0.1) is 0 Å². The number of nitrogens with zero attached hydrogens (tertiary/aromatic N) is 2. The third kappa shape index (κ3) is 4.16. The maximum absolute atomic E-state index is 11.2. The molecule has 1 rings (SSSR count). The van der Waals surface area contributed by atoms with Crippen molar-refractivity contribution in [1.82, 2.24) is 9.88 Å². The van der Waals surface area contributed by atoms with Crippen molar-refractivity contribution in [3.8, 4) is 0 Å². The minimum atomic E-state index is -0.231. The molecule has 0 aliphatic carbocycles. The van der Waals surface area contributed by atoms with Crippen molar-refractivity contribution in [2.24, 2.45) is 0 Å². The zero-order chi connectivity index (χ0) is 12.0. The van der Waals surface area contributed by atoms with Gasteiger partial charge in [-0.25, -0.2) is 4.98 Å². The second kappa shape index (κ2) is 6.45. The summed E-state index contributed by atoms with van der Waals surface area (Å²) < 4.78 is 4.85. The number of esters is 1. The molecule has 0 radical (unpaired) electrons. The Morgan fingerprint density at radius 1 is 1.62 bits per heavy atom. The Hall–Kier alpha value is -1.13. The van der Waals surface area contributed by atoms with E-state index in [9.17, 15) is 4.79 Å². The van der Waals surface area contributed by atoms with Gasteiger partial charge in [0.15, 0.2) is 0 Å². The first-order valence-electron chi connectivity index (χ1n) is 5.07. The van der Waals surface area contributed by atoms with Crippen molar-refractivity contribution < 1.29 is 9.53 Å². The van der Waals surface area contributed by atoms with Gasteiger partial charge < -0.3 is 4.74 Å². The Kier molecular flexibility index (Phi) is 5.22. The van der Waals surface area contributed by atoms with Gasteiger partial charge in [-0.15, -0.1) is 0 Å². The van der Waals surface area contributed by atoms with Crippen LogP contribution in [-0.4, -0.2) is 36.1 Å². The van der Waals surface area contributed by atoms with E-state index < -0.39 is 0 Å². The van der Waals surface area contributed by atoms with E-state index in [0.717, 1.165) is 5.56 Å². The van der Waals surface area contributed by atoms with Crippen molar-refractivity contribution >= 4 is 17.6 Å². The van der Waals surface area contributed by atoms with Gasteiger partial charge in [-0.1, -0.05) is 17.7 Å². The van der Waals surface area contributed by atoms with Gasteiger partial charge in [-0.3, -0.25) is 9.69 Å². The van der Waals surface area contributed by atoms with E-state index in [2.05, 4.69) is 4.98 Å². The Labute approximate surface area is 100 Å². The molecule has 0 N–H and O–H groups in total. The first-order valence-corrected chi connectivity index (χ1v) is 5.44. The van der Waals surface area contributed by atoms with Crippen molar-refractivity contribution in [2.75, 3.05) is 20.2 Å². The van der Waals surface area contributed by atoms with Gasteiger partial charge in [0, 0.05) is 18.3 Å². The molecule has 0 amide bonds. The lowest BCUT2D eigenvalue weighted by Crippen LogP contribution is -2.27. The minimum Gasteiger partial charge on any atom is -0.465 e. The number of hydrogen-bond acceptors (Lipinski definition) is 4. The molecule has 0 atom stereocenters. The zero-order valence-electron chi connectivity index (χ0n) is 9.44. The van der Waals surface area contributed by atoms with E-state index in [4.69, 9.17) is 16.3 Å². The number of aromatic nitrogens is 1. The van der Waals surface area contributed by atoms with E-state index >= 15 is 0 Å². The highest BCUT2D eigenvalue weighted by atomic mass is 35.5. The lowest BCUT2D eigenvalue weighted by Gasteiger charge is -2.15. The Balaban J connectivity index is 2.48. The minimum absolute atomic E-state index is 0.231. The molecule has 88 valence electrons. The number of carbonyl (C=O) groups is 1. The number of carbonyl (C=O) groups excluding carboxylic acids is 1. The molecule has 1 heterocycles. The summed E-state index contributed by atoms with van der Waals surface area (Å²) in [5, 5.41) is 0.471. The van der Waals surface area contributed by atoms with Crippen molar-refractivity contribution in [3.05, 3.63) is 29.0 Å². The van der Waals surface area contributed by atoms with Crippen LogP contribution >= 0.6 is 11.6 Å². The largest absolute Gasteiger partial charge is 0.465 e. The monoisotopic (exact) mass is 242 g/mol. The third-order valence-corrected chi connectivity index (χ3v) is 2.32. The highest BCUT2D eigenvalue weighted by Gasteiger charge is 2.09. The highest BCUT2D eigenvalue weighted by Crippen LogP contribution is 2.13. The molecular weight excluding hydrogens is 228 g/mol. The van der Waals surface area contributed by atoms with Crippen LogP contribution in [0.5, 0.6) is 0 Å². The molecule has 0 spiro atoms. The van der Waals surface area contributed by atoms with Gasteiger partial charge in [0.25, 0.3) is 0 Å². The first kappa shape index (κ1) is 12.9. The van der Waals surface area contributed by atoms with E-state index in [0.29, 0.717) is 18.3 Å². The number of pyridine rings is 1. The van der Waals surface area contributed by atoms with Gasteiger partial charge >= 0.3 is 5.97 Å². The van der Waals surface area contributed by atoms with E-state index in [1.165, 1.54) is 0 Å². The van der Waals surface area contributed by atoms with Gasteiger partial charge in [0.05, 0.1) is 13.2 Å². The molecule has 1 aromatic rings. The molecule has 4 nitrogen and oxygen atoms in total. The lowest BCUT2D eigenvalue weighted by molar-refractivity contribution is -0.144. The van der Waals surface area contributed by atoms with Crippen LogP contribution in [0.2, 0.25) is 5.15 Å². The van der Waals surface area contributed by atoms with Crippen LogP contribution in [0.3, 0.4) is 0 Å². The lowest BCUT2D eigenvalue weighted by atomic mass is 10.2. The topological polar surface area (TPSA) is 42.4 Å². The number of hydrogen-bond donors (Lipinski definition) is 0. The van der Waals surface area contributed by atoms with Crippen molar-refractivity contribution in [2.45, 2.75) is 13.5 Å². The van der Waals surface area contributed by atoms with E-state index in [-0.39, 0.29) is 12.5 Å². The first-order chi connectivity index (χ1) is 7.63. The van der Waals surface area contributed by atoms with Crippen LogP contribution in [0.15, 0.2) is 18.3 Å². The molecular formula is C11H15ClN2O2. The maximum Gasteiger partial charge on any atom is 0.320 e. The van der Waals surface area contributed by atoms with Gasteiger partial charge in [-0.05, 0) is 20.0 Å². The number of likely N-dealkylation sites (N-methyl/N-ethyl adjacent to an activating group) is 1. The average molecular weight is 243 g/mol. The molecule has 0 aliphatic heterocycles. The van der Waals surface area contributed by atoms with Crippen LogP contribution < -0.4 is 0 Å². The van der Waals surface area contributed by atoms with Gasteiger partial charge in [0.1, 0.15) is 5.15 Å². The number of halogens is 1. The molecule has 0 saturated heterocycles. The third-order valence-electron chi connectivity index (χ3n) is 1.98. The van der Waals surface area contributed by atoms with E-state index in [1.807, 2.05) is 24.1 Å². The quantitative estimate of drug-likeness (QED) is 0.583. The molecule has 0 unspecified atom stereocenters. The molecule has 0 fully saturated rings. The Bertz CT molecular complexity index is 358. The Morgan fingerprint density at radius 3 is 3.00 bits per heavy atom. The highest BCUT2D eigenvalue weighted by molar-refractivity contribution is 6.30. The maximum atomic E-state index is 11.2. The molecule has 0 saturated carbocycles. The number of rotatable bonds is 5. The molecule has 16 heavy (non-hydrogen) atoms. The number of ether oxygens (including phenoxy) is 1. The van der Waals surface area contributed by atoms with Crippen LogP contribution in [0.4, 0.5) is 0 Å². The fourth-order valence-electron chi connectivity index (χ4n) is 1.31. The molecule has 0 aromatic carbocycles. The second-order valence-corrected chi connectivity index (χ2v) is 3.79. The smallest absolute Gasteiger partial charge is 0.320 e. The summed E-state index contributed by atoms with van der Waals surface area (Å²) in [6, 6.07) is 3.70. The van der Waals surface area contributed by atoms with Crippen molar-refractivity contribution in [3.63, 3.8) is 0 Å². The fraction of sp³-hybridized carbons (Fsp3) is 0.455. The molecule has 5 heteroatoms. The molecule has 1 aromatic heterocycles. The normalized spacial score (nSPS) is 10.5. The standard InChI is InChI=1S/C11H15ClN2O2/c1-3-16-10(15)8-14(2)7-9-5-4-6-13-11(9)12/h4-6H,3,7-8H2,1-2H3. The summed E-state index contributed by atoms with van der Waals surface area (Å²) in [5.74, 6) is -0.231. The fourth-order valence-corrected chi connectivity index (χ4v) is 1.49. The summed E-state index contributed by atoms with van der Waals surface area (Å²) in [7, 11) is 1.83.